The number of nitrogens with zero attached hydrogens (tertiary/aromatic N) is 5. The van der Waals surface area contributed by atoms with E-state index in [1.54, 1.807) is 18.3 Å². The maximum absolute atomic E-state index is 13.0. The van der Waals surface area contributed by atoms with Crippen molar-refractivity contribution >= 4 is 17.6 Å². The zero-order valence-corrected chi connectivity index (χ0v) is 21.0. The van der Waals surface area contributed by atoms with Crippen LogP contribution in [0.15, 0.2) is 36.7 Å². The van der Waals surface area contributed by atoms with Crippen molar-refractivity contribution in [2.45, 2.75) is 58.4 Å². The van der Waals surface area contributed by atoms with E-state index in [9.17, 15) is 23.1 Å². The van der Waals surface area contributed by atoms with Gasteiger partial charge in [-0.1, -0.05) is 19.1 Å². The number of aryl methyl sites for hydroxylation is 1. The third-order valence-corrected chi connectivity index (χ3v) is 6.68. The molecule has 0 aromatic carbocycles. The number of rotatable bonds is 6. The second-order valence-electron chi connectivity index (χ2n) is 10.3. The Labute approximate surface area is 212 Å². The Kier molecular flexibility index (Phi) is 6.97. The lowest BCUT2D eigenvalue weighted by molar-refractivity contribution is -0.158. The average Bonchev–Trinajstić information content (AvgIpc) is 3.25. The minimum atomic E-state index is -4.49. The molecule has 1 fully saturated rings. The van der Waals surface area contributed by atoms with Crippen LogP contribution in [0.1, 0.15) is 44.2 Å². The number of pyridine rings is 2. The predicted molar refractivity (Wildman–Crippen MR) is 129 cm³/mol. The third-order valence-electron chi connectivity index (χ3n) is 6.68. The first-order valence-electron chi connectivity index (χ1n) is 11.8. The molecule has 2 unspecified atom stereocenters. The lowest BCUT2D eigenvalue weighted by atomic mass is 9.63. The van der Waals surface area contributed by atoms with Gasteiger partial charge in [0.15, 0.2) is 0 Å². The van der Waals surface area contributed by atoms with Gasteiger partial charge < -0.3 is 15.2 Å². The van der Waals surface area contributed by atoms with Gasteiger partial charge >= 0.3 is 12.1 Å². The molecule has 37 heavy (non-hydrogen) atoms. The number of ether oxygens (including phenoxy) is 1. The van der Waals surface area contributed by atoms with Crippen LogP contribution in [0.5, 0.6) is 0 Å². The van der Waals surface area contributed by atoms with Crippen molar-refractivity contribution in [3.05, 3.63) is 47.8 Å². The smallest absolute Gasteiger partial charge is 0.416 e. The summed E-state index contributed by atoms with van der Waals surface area (Å²) in [5.74, 6) is -0.254. The number of anilines is 2. The molecule has 1 aliphatic rings. The number of hydrogen-bond donors (Lipinski definition) is 2. The molecule has 9 nitrogen and oxygen atoms in total. The van der Waals surface area contributed by atoms with Crippen molar-refractivity contribution in [2.75, 3.05) is 12.4 Å². The van der Waals surface area contributed by atoms with Crippen LogP contribution >= 0.6 is 0 Å². The van der Waals surface area contributed by atoms with Crippen molar-refractivity contribution < 1.29 is 27.8 Å². The van der Waals surface area contributed by atoms with E-state index in [-0.39, 0.29) is 24.2 Å². The molecule has 198 valence electrons. The average molecular weight is 519 g/mol. The molecular formula is C25H29F3N6O3. The summed E-state index contributed by atoms with van der Waals surface area (Å²) in [4.78, 5) is 20.6. The van der Waals surface area contributed by atoms with Gasteiger partial charge in [0.1, 0.15) is 17.3 Å². The number of carbonyl (C=O) groups excluding carboxylic acids is 1. The first-order chi connectivity index (χ1) is 17.3. The number of aromatic nitrogens is 5. The Morgan fingerprint density at radius 3 is 2.68 bits per heavy atom. The van der Waals surface area contributed by atoms with E-state index in [1.165, 1.54) is 11.8 Å². The molecule has 12 heteroatoms. The first-order valence-corrected chi connectivity index (χ1v) is 11.8. The van der Waals surface area contributed by atoms with Crippen molar-refractivity contribution in [2.24, 2.45) is 11.3 Å². The zero-order chi connectivity index (χ0) is 27.0. The van der Waals surface area contributed by atoms with E-state index in [4.69, 9.17) is 4.74 Å². The second-order valence-corrected chi connectivity index (χ2v) is 10.3. The Hall–Kier alpha value is -3.54. The molecule has 1 aliphatic carbocycles. The van der Waals surface area contributed by atoms with Crippen molar-refractivity contribution in [1.82, 2.24) is 25.0 Å². The van der Waals surface area contributed by atoms with Gasteiger partial charge in [-0.2, -0.15) is 13.2 Å². The van der Waals surface area contributed by atoms with Gasteiger partial charge in [0.05, 0.1) is 42.6 Å². The molecule has 2 atom stereocenters. The summed E-state index contributed by atoms with van der Waals surface area (Å²) < 4.78 is 45.6. The second kappa shape index (κ2) is 9.73. The van der Waals surface area contributed by atoms with E-state index >= 15 is 0 Å². The minimum Gasteiger partial charge on any atom is -0.469 e. The van der Waals surface area contributed by atoms with Crippen LogP contribution in [0.3, 0.4) is 0 Å². The van der Waals surface area contributed by atoms with Gasteiger partial charge in [0.25, 0.3) is 0 Å². The SMILES string of the molecule is COC(=O)C1CCC(O)(Cn2cc(-c3cc(C)cc(Nc4cc(C(F)(F)F)ccn4)n3)nn2)CC1(C)C. The molecule has 0 amide bonds. The highest BCUT2D eigenvalue weighted by Gasteiger charge is 2.48. The highest BCUT2D eigenvalue weighted by atomic mass is 19.4. The van der Waals surface area contributed by atoms with E-state index in [2.05, 4.69) is 25.6 Å². The molecule has 3 aromatic rings. The number of nitrogens with one attached hydrogen (secondary N) is 1. The molecule has 2 N–H and O–H groups in total. The lowest BCUT2D eigenvalue weighted by Crippen LogP contribution is -2.48. The van der Waals surface area contributed by atoms with Crippen LogP contribution in [0.4, 0.5) is 24.8 Å². The number of alkyl halides is 3. The van der Waals surface area contributed by atoms with Crippen LogP contribution in [0, 0.1) is 18.3 Å². The summed E-state index contributed by atoms with van der Waals surface area (Å²) in [6.45, 7) is 5.89. The maximum Gasteiger partial charge on any atom is 0.416 e. The van der Waals surface area contributed by atoms with Gasteiger partial charge in [0.2, 0.25) is 0 Å². The summed E-state index contributed by atoms with van der Waals surface area (Å²) in [5.41, 5.74) is -0.657. The van der Waals surface area contributed by atoms with Gasteiger partial charge in [-0.3, -0.25) is 4.79 Å². The van der Waals surface area contributed by atoms with Crippen molar-refractivity contribution in [1.29, 1.82) is 0 Å². The predicted octanol–water partition coefficient (Wildman–Crippen LogP) is 4.54. The minimum absolute atomic E-state index is 0.00919. The molecule has 0 bridgehead atoms. The summed E-state index contributed by atoms with van der Waals surface area (Å²) in [5, 5.41) is 22.4. The van der Waals surface area contributed by atoms with E-state index in [0.717, 1.165) is 23.9 Å². The molecule has 0 saturated heterocycles. The van der Waals surface area contributed by atoms with E-state index in [1.807, 2.05) is 20.8 Å². The third kappa shape index (κ3) is 6.07. The highest BCUT2D eigenvalue weighted by molar-refractivity contribution is 5.73. The normalized spacial score (nSPS) is 21.5. The summed E-state index contributed by atoms with van der Waals surface area (Å²) in [7, 11) is 1.37. The number of methoxy groups -OCH3 is 1. The number of halogens is 3. The highest BCUT2D eigenvalue weighted by Crippen LogP contribution is 2.46. The number of esters is 1. The van der Waals surface area contributed by atoms with Crippen molar-refractivity contribution in [3.8, 4) is 11.4 Å². The molecule has 1 saturated carbocycles. The summed E-state index contributed by atoms with van der Waals surface area (Å²) in [6, 6.07) is 5.27. The number of hydrogen-bond acceptors (Lipinski definition) is 8. The first kappa shape index (κ1) is 26.5. The fraction of sp³-hybridized carbons (Fsp3) is 0.480. The van der Waals surface area contributed by atoms with E-state index in [0.29, 0.717) is 36.5 Å². The largest absolute Gasteiger partial charge is 0.469 e. The van der Waals surface area contributed by atoms with Gasteiger partial charge in [0, 0.05) is 6.20 Å². The molecule has 0 aliphatic heterocycles. The monoisotopic (exact) mass is 518 g/mol. The van der Waals surface area contributed by atoms with Crippen LogP contribution in [-0.4, -0.2) is 48.7 Å². The van der Waals surface area contributed by atoms with Crippen LogP contribution in [0.2, 0.25) is 0 Å². The quantitative estimate of drug-likeness (QED) is 0.457. The lowest BCUT2D eigenvalue weighted by Gasteiger charge is -2.45. The van der Waals surface area contributed by atoms with Crippen molar-refractivity contribution in [3.63, 3.8) is 0 Å². The molecule has 0 spiro atoms. The zero-order valence-electron chi connectivity index (χ0n) is 21.0. The Morgan fingerprint density at radius 2 is 2.00 bits per heavy atom. The summed E-state index contributed by atoms with van der Waals surface area (Å²) >= 11 is 0. The fourth-order valence-electron chi connectivity index (χ4n) is 5.04. The van der Waals surface area contributed by atoms with Gasteiger partial charge in [-0.15, -0.1) is 5.10 Å². The van der Waals surface area contributed by atoms with Crippen LogP contribution in [0.25, 0.3) is 11.4 Å². The maximum atomic E-state index is 13.0. The Balaban J connectivity index is 1.51. The molecule has 3 aromatic heterocycles. The standard InChI is InChI=1S/C25H29F3N6O3/c1-15-9-18(30-21(10-15)31-20-11-16(6-8-29-20)25(26,27)28)19-12-34(33-32-19)14-24(36)7-5-17(22(35)37-4)23(2,3)13-24/h6,8-12,17,36H,5,7,13-14H2,1-4H3,(H,29,30,31). The molecular weight excluding hydrogens is 489 g/mol. The Bertz CT molecular complexity index is 1290. The van der Waals surface area contributed by atoms with Gasteiger partial charge in [-0.25, -0.2) is 14.6 Å². The van der Waals surface area contributed by atoms with Gasteiger partial charge in [-0.05, 0) is 61.4 Å². The summed E-state index contributed by atoms with van der Waals surface area (Å²) in [6.07, 6.45) is -0.456. The Morgan fingerprint density at radius 1 is 1.24 bits per heavy atom. The topological polar surface area (TPSA) is 115 Å². The van der Waals surface area contributed by atoms with Crippen LogP contribution < -0.4 is 5.32 Å². The molecule has 4 rings (SSSR count). The van der Waals surface area contributed by atoms with Crippen LogP contribution in [-0.2, 0) is 22.3 Å². The molecule has 3 heterocycles. The number of carbonyl (C=O) groups is 1. The van der Waals surface area contributed by atoms with E-state index < -0.39 is 22.8 Å². The fourth-order valence-corrected chi connectivity index (χ4v) is 5.04. The number of aliphatic hydroxyl groups is 1. The molecule has 0 radical (unpaired) electrons.